The number of aliphatic hydroxyl groups excluding tert-OH is 1. The molecule has 0 aromatic carbocycles. The quantitative estimate of drug-likeness (QED) is 0.829. The lowest BCUT2D eigenvalue weighted by Crippen LogP contribution is -2.48. The lowest BCUT2D eigenvalue weighted by atomic mass is 10.2. The fourth-order valence-corrected chi connectivity index (χ4v) is 1.96. The van der Waals surface area contributed by atoms with E-state index in [4.69, 9.17) is 21.4 Å². The van der Waals surface area contributed by atoms with Crippen LogP contribution >= 0.6 is 11.6 Å². The number of morpholine rings is 1. The monoisotopic (exact) mass is 243 g/mol. The average Bonchev–Trinajstić information content (AvgIpc) is 2.28. The Morgan fingerprint density at radius 3 is 3.06 bits per heavy atom. The third-order valence-electron chi connectivity index (χ3n) is 2.45. The molecule has 0 bridgehead atoms. The van der Waals surface area contributed by atoms with Gasteiger partial charge in [0.25, 0.3) is 0 Å². The Bertz CT molecular complexity index is 364. The smallest absolute Gasteiger partial charge is 0.149 e. The Morgan fingerprint density at radius 1 is 1.56 bits per heavy atom. The van der Waals surface area contributed by atoms with Gasteiger partial charge in [0.15, 0.2) is 0 Å². The van der Waals surface area contributed by atoms with Crippen molar-refractivity contribution in [1.82, 2.24) is 9.97 Å². The fraction of sp³-hybridized carbons (Fsp3) is 0.600. The average molecular weight is 244 g/mol. The van der Waals surface area contributed by atoms with E-state index in [1.807, 2.05) is 11.8 Å². The maximum Gasteiger partial charge on any atom is 0.149 e. The molecule has 2 rings (SSSR count). The summed E-state index contributed by atoms with van der Waals surface area (Å²) >= 11 is 5.79. The zero-order valence-corrected chi connectivity index (χ0v) is 9.76. The van der Waals surface area contributed by atoms with E-state index in [1.54, 1.807) is 6.20 Å². The van der Waals surface area contributed by atoms with Crippen molar-refractivity contribution in [1.29, 1.82) is 0 Å². The highest BCUT2D eigenvalue weighted by atomic mass is 35.5. The van der Waals surface area contributed by atoms with E-state index in [1.165, 1.54) is 6.20 Å². The number of aliphatic hydroxyl groups is 1. The fourth-order valence-electron chi connectivity index (χ4n) is 1.82. The number of hydrogen-bond acceptors (Lipinski definition) is 5. The van der Waals surface area contributed by atoms with Gasteiger partial charge in [-0.2, -0.15) is 0 Å². The summed E-state index contributed by atoms with van der Waals surface area (Å²) in [6, 6.07) is 0. The minimum atomic E-state index is -0.176. The SMILES string of the molecule is CC1CN(c2cncc(Cl)n2)CC(CO)O1. The molecule has 5 nitrogen and oxygen atoms in total. The summed E-state index contributed by atoms with van der Waals surface area (Å²) in [5.41, 5.74) is 0. The molecule has 0 aliphatic carbocycles. The Balaban J connectivity index is 2.14. The standard InChI is InChI=1S/C10H14ClN3O2/c1-7-4-14(5-8(6-15)16-7)10-3-12-2-9(11)13-10/h2-3,7-8,15H,4-6H2,1H3. The van der Waals surface area contributed by atoms with Crippen LogP contribution in [0.5, 0.6) is 0 Å². The number of halogens is 1. The Hall–Kier alpha value is -0.910. The van der Waals surface area contributed by atoms with Crippen LogP contribution in [0.4, 0.5) is 5.82 Å². The van der Waals surface area contributed by atoms with Gasteiger partial charge in [-0.25, -0.2) is 4.98 Å². The molecule has 2 atom stereocenters. The maximum absolute atomic E-state index is 9.11. The second-order valence-electron chi connectivity index (χ2n) is 3.86. The van der Waals surface area contributed by atoms with Gasteiger partial charge in [-0.15, -0.1) is 0 Å². The van der Waals surface area contributed by atoms with Gasteiger partial charge in [-0.3, -0.25) is 4.98 Å². The van der Waals surface area contributed by atoms with Gasteiger partial charge in [0.05, 0.1) is 31.2 Å². The van der Waals surface area contributed by atoms with E-state index in [0.29, 0.717) is 11.7 Å². The number of anilines is 1. The van der Waals surface area contributed by atoms with Gasteiger partial charge in [0.2, 0.25) is 0 Å². The van der Waals surface area contributed by atoms with E-state index < -0.39 is 0 Å². The predicted molar refractivity (Wildman–Crippen MR) is 60.7 cm³/mol. The first-order chi connectivity index (χ1) is 7.69. The molecule has 0 amide bonds. The first-order valence-electron chi connectivity index (χ1n) is 5.18. The molecule has 88 valence electrons. The normalized spacial score (nSPS) is 25.8. The van der Waals surface area contributed by atoms with Crippen LogP contribution in [0.15, 0.2) is 12.4 Å². The molecule has 2 heterocycles. The summed E-state index contributed by atoms with van der Waals surface area (Å²) in [6.07, 6.45) is 3.05. The highest BCUT2D eigenvalue weighted by molar-refractivity contribution is 6.29. The van der Waals surface area contributed by atoms with Crippen molar-refractivity contribution < 1.29 is 9.84 Å². The van der Waals surface area contributed by atoms with Crippen LogP contribution in [-0.2, 0) is 4.74 Å². The molecule has 16 heavy (non-hydrogen) atoms. The molecule has 1 N–H and O–H groups in total. The van der Waals surface area contributed by atoms with Crippen molar-refractivity contribution in [3.63, 3.8) is 0 Å². The van der Waals surface area contributed by atoms with Crippen molar-refractivity contribution in [3.8, 4) is 0 Å². The molecule has 1 aliphatic rings. The van der Waals surface area contributed by atoms with Crippen LogP contribution in [0.25, 0.3) is 0 Å². The van der Waals surface area contributed by atoms with Gasteiger partial charge in [0, 0.05) is 13.1 Å². The Kier molecular flexibility index (Phi) is 3.58. The third-order valence-corrected chi connectivity index (χ3v) is 2.63. The summed E-state index contributed by atoms with van der Waals surface area (Å²) in [6.45, 7) is 3.31. The van der Waals surface area contributed by atoms with Crippen molar-refractivity contribution in [2.75, 3.05) is 24.6 Å². The first-order valence-corrected chi connectivity index (χ1v) is 5.55. The first kappa shape index (κ1) is 11.6. The summed E-state index contributed by atoms with van der Waals surface area (Å²) in [5, 5.41) is 9.49. The number of aromatic nitrogens is 2. The van der Waals surface area contributed by atoms with E-state index in [-0.39, 0.29) is 18.8 Å². The van der Waals surface area contributed by atoms with Crippen molar-refractivity contribution in [2.45, 2.75) is 19.1 Å². The number of hydrogen-bond donors (Lipinski definition) is 1. The Labute approximate surface area is 99.0 Å². The van der Waals surface area contributed by atoms with E-state index in [2.05, 4.69) is 9.97 Å². The van der Waals surface area contributed by atoms with Crippen LogP contribution in [0.2, 0.25) is 5.15 Å². The molecule has 0 spiro atoms. The molecule has 1 fully saturated rings. The highest BCUT2D eigenvalue weighted by Gasteiger charge is 2.25. The molecule has 2 unspecified atom stereocenters. The van der Waals surface area contributed by atoms with Gasteiger partial charge in [-0.1, -0.05) is 11.6 Å². The van der Waals surface area contributed by atoms with Crippen molar-refractivity contribution >= 4 is 17.4 Å². The van der Waals surface area contributed by atoms with Crippen LogP contribution in [0.3, 0.4) is 0 Å². The number of ether oxygens (including phenoxy) is 1. The van der Waals surface area contributed by atoms with E-state index in [0.717, 1.165) is 12.4 Å². The molecular formula is C10H14ClN3O2. The lowest BCUT2D eigenvalue weighted by molar-refractivity contribution is -0.0423. The minimum Gasteiger partial charge on any atom is -0.394 e. The lowest BCUT2D eigenvalue weighted by Gasteiger charge is -2.36. The predicted octanol–water partition coefficient (Wildman–Crippen LogP) is 0.716. The molecular weight excluding hydrogens is 230 g/mol. The zero-order chi connectivity index (χ0) is 11.5. The zero-order valence-electron chi connectivity index (χ0n) is 9.01. The third kappa shape index (κ3) is 2.61. The molecule has 1 aliphatic heterocycles. The van der Waals surface area contributed by atoms with Crippen molar-refractivity contribution in [2.24, 2.45) is 0 Å². The molecule has 0 saturated carbocycles. The molecule has 6 heteroatoms. The minimum absolute atomic E-state index is 0.00876. The Morgan fingerprint density at radius 2 is 2.38 bits per heavy atom. The van der Waals surface area contributed by atoms with Crippen LogP contribution in [-0.4, -0.2) is 47.0 Å². The van der Waals surface area contributed by atoms with Gasteiger partial charge in [-0.05, 0) is 6.92 Å². The van der Waals surface area contributed by atoms with Crippen LogP contribution in [0.1, 0.15) is 6.92 Å². The van der Waals surface area contributed by atoms with Crippen LogP contribution in [0, 0.1) is 0 Å². The topological polar surface area (TPSA) is 58.5 Å². The molecule has 0 radical (unpaired) electrons. The molecule has 1 aromatic rings. The van der Waals surface area contributed by atoms with Gasteiger partial charge >= 0.3 is 0 Å². The van der Waals surface area contributed by atoms with E-state index in [9.17, 15) is 0 Å². The second kappa shape index (κ2) is 4.95. The summed E-state index contributed by atoms with van der Waals surface area (Å²) in [5.74, 6) is 0.723. The second-order valence-corrected chi connectivity index (χ2v) is 4.24. The maximum atomic E-state index is 9.11. The highest BCUT2D eigenvalue weighted by Crippen LogP contribution is 2.18. The van der Waals surface area contributed by atoms with Crippen molar-refractivity contribution in [3.05, 3.63) is 17.5 Å². The van der Waals surface area contributed by atoms with Gasteiger partial charge in [0.1, 0.15) is 11.0 Å². The summed E-state index contributed by atoms with van der Waals surface area (Å²) in [4.78, 5) is 10.2. The van der Waals surface area contributed by atoms with Gasteiger partial charge < -0.3 is 14.7 Å². The summed E-state index contributed by atoms with van der Waals surface area (Å²) < 4.78 is 5.54. The van der Waals surface area contributed by atoms with E-state index >= 15 is 0 Å². The number of rotatable bonds is 2. The molecule has 1 aromatic heterocycles. The number of nitrogens with zero attached hydrogens (tertiary/aromatic N) is 3. The molecule has 1 saturated heterocycles. The summed E-state index contributed by atoms with van der Waals surface area (Å²) in [7, 11) is 0. The largest absolute Gasteiger partial charge is 0.394 e. The van der Waals surface area contributed by atoms with Crippen LogP contribution < -0.4 is 4.90 Å².